The number of likely N-dealkylation sites (tertiary alicyclic amines) is 2. The van der Waals surface area contributed by atoms with E-state index in [0.717, 1.165) is 139 Å². The van der Waals surface area contributed by atoms with Crippen molar-refractivity contribution < 1.29 is 116 Å². The van der Waals surface area contributed by atoms with Gasteiger partial charge in [-0.15, -0.1) is 0 Å². The Morgan fingerprint density at radius 1 is 0.567 bits per heavy atom. The SMILES string of the molecule is CC(=O)O.CCCC(=O)Nc1cc(CBr)ccc1O[C@@H]1O[C@H](C(=O)OC)[C@@H](OC(C)=O)[C@H](C)[C@H]1C.CCCC(=O)Nc1cc(C[n+]2cccc(/C=C/C(=O)CCCCCC3CCN(C(=O)c4cccc(O)c4)CC3)c2)ccc1O[C@@H]1O[C@H](C(=O)OC)[C@@H](OC(C)=O)[C@H](C)[C@H]1C.O=C(/C=C/c1cccnc1)CCCCCC1CCN(C(=O)c2cccc(O)c2)CC1.[2H]CF. The van der Waals surface area contributed by atoms with E-state index in [-0.39, 0.29) is 70.4 Å². The highest BCUT2D eigenvalue weighted by molar-refractivity contribution is 9.08. The number of halogens is 2. The number of aromatic nitrogens is 2. The number of carbonyl (C=O) groups excluding carboxylic acids is 10. The molecule has 10 rings (SSSR count). The summed E-state index contributed by atoms with van der Waals surface area (Å²) in [5, 5.41) is 33.2. The number of carbonyl (C=O) groups is 11. The van der Waals surface area contributed by atoms with Gasteiger partial charge in [-0.2, -0.15) is 0 Å². The first kappa shape index (κ1) is 103. The zero-order valence-corrected chi connectivity index (χ0v) is 76.3. The van der Waals surface area contributed by atoms with Crippen molar-refractivity contribution in [3.63, 3.8) is 0 Å². The van der Waals surface area contributed by atoms with Crippen LogP contribution in [0.15, 0.2) is 146 Å². The number of allylic oxidation sites excluding steroid dienone is 2. The maximum atomic E-state index is 12.8. The van der Waals surface area contributed by atoms with E-state index in [0.29, 0.717) is 89.8 Å². The Bertz CT molecular complexity index is 4630. The number of amides is 4. The standard InChI is InChI=1S/C47H59N3O10.C25H30N2O3.C22H30BrNO7.C2H4O2.CH3F/c1-6-12-42(54)48-40-27-36(19-21-41(40)59-47-32(3)31(2)43(58-33(4)51)44(60-47)46(56)57-5)30-49-24-11-14-35(29-49)18-20-38(52)16-9-7-8-13-34-22-25-50(26-23-34)45(55)37-15-10-17-39(53)28-37;28-23(12-11-21-7-5-15-26-19-21)9-3-1-2-6-20-13-16-27(17-14-20)25(30)22-8-4-10-24(29)18-22;1-6-7-18(26)24-16-10-15(11-23)8-9-17(16)30-22-13(3)12(2)19(29-14(4)25)20(31-22)21(27)28-5;1-2(3)4;1-2/h10-11,14-15,17-21,24,27-29,31-32,34,43-44,47H,6-9,12-13,16,22-23,25-26,30H2,1-5H3,(H-,48,53,54);4-5,7-8,10-12,15,18-20,29H,1-3,6,9,13-14,16-17H2;8-10,12-13,19-20,22H,6-7,11H2,1-5H3,(H,24,26);1H3,(H,3,4);1H3/p+1/b20-18+;12-11+;;;/t31-,32-,43+,44+,47-;;12-,13-,19+,20+,22-;;/m1.1../s1/i;;;;1D. The van der Waals surface area contributed by atoms with Crippen LogP contribution in [-0.2, 0) is 83.4 Å². The second-order valence-corrected chi connectivity index (χ2v) is 32.7. The van der Waals surface area contributed by atoms with E-state index < -0.39 is 74.0 Å². The Hall–Kier alpha value is -11.2. The summed E-state index contributed by atoms with van der Waals surface area (Å²) < 4.78 is 62.6. The molecule has 6 heterocycles. The van der Waals surface area contributed by atoms with Crippen molar-refractivity contribution in [3.8, 4) is 23.0 Å². The maximum absolute atomic E-state index is 12.8. The normalized spacial score (nSPS) is 19.8. The summed E-state index contributed by atoms with van der Waals surface area (Å²) in [5.74, 6) is -2.12. The number of benzene rings is 4. The van der Waals surface area contributed by atoms with E-state index in [2.05, 4.69) is 31.5 Å². The molecule has 0 radical (unpaired) electrons. The summed E-state index contributed by atoms with van der Waals surface area (Å²) in [5.41, 5.74) is 5.72. The number of nitrogens with one attached hydrogen (secondary N) is 2. The van der Waals surface area contributed by atoms with E-state index >= 15 is 0 Å². The lowest BCUT2D eigenvalue weighted by molar-refractivity contribution is -0.688. The molecule has 0 saturated carbocycles. The Balaban J connectivity index is 0.000000311. The number of aliphatic carboxylic acids is 1. The average Bonchev–Trinajstić information content (AvgIpc) is 0.789. The first-order chi connectivity index (χ1) is 61.3. The molecule has 28 nitrogen and oxygen atoms in total. The van der Waals surface area contributed by atoms with Crippen molar-refractivity contribution in [1.82, 2.24) is 14.8 Å². The fraction of sp³-hybridized carbons (Fsp3) is 0.495. The number of hydrogen-bond acceptors (Lipinski definition) is 22. The molecule has 2 aromatic heterocycles. The van der Waals surface area contributed by atoms with Crippen LogP contribution >= 0.6 is 15.9 Å². The van der Waals surface area contributed by atoms with Crippen molar-refractivity contribution in [2.24, 2.45) is 35.5 Å². The van der Waals surface area contributed by atoms with Crippen molar-refractivity contribution in [2.75, 3.05) is 58.2 Å². The van der Waals surface area contributed by atoms with Gasteiger partial charge in [0, 0.05) is 142 Å². The molecular weight excluding hydrogens is 1700 g/mol. The van der Waals surface area contributed by atoms with Crippen LogP contribution in [0.3, 0.4) is 0 Å². The van der Waals surface area contributed by atoms with Crippen LogP contribution in [0, 0.1) is 35.5 Å². The van der Waals surface area contributed by atoms with Gasteiger partial charge in [0.05, 0.1) is 34.1 Å². The Morgan fingerprint density at radius 2 is 0.992 bits per heavy atom. The van der Waals surface area contributed by atoms with Gasteiger partial charge in [-0.3, -0.25) is 52.5 Å². The molecule has 0 bridgehead atoms. The molecule has 4 aliphatic rings. The van der Waals surface area contributed by atoms with E-state index in [1.165, 1.54) is 40.2 Å². The summed E-state index contributed by atoms with van der Waals surface area (Å²) in [7, 11) is 1.49. The number of esters is 4. The second-order valence-electron chi connectivity index (χ2n) is 32.1. The number of nitrogens with zero attached hydrogens (tertiary/aromatic N) is 4. The number of rotatable bonds is 35. The number of carboxylic acid groups (broad SMARTS) is 1. The van der Waals surface area contributed by atoms with Gasteiger partial charge in [0.1, 0.15) is 35.2 Å². The van der Waals surface area contributed by atoms with Gasteiger partial charge in [0.15, 0.2) is 42.7 Å². The zero-order valence-electron chi connectivity index (χ0n) is 75.8. The lowest BCUT2D eigenvalue weighted by atomic mass is 9.84. The molecule has 10 atom stereocenters. The number of phenols is 2. The van der Waals surface area contributed by atoms with Crippen LogP contribution in [0.5, 0.6) is 23.0 Å². The van der Waals surface area contributed by atoms with Crippen LogP contribution in [0.2, 0.25) is 0 Å². The number of hydrogen-bond donors (Lipinski definition) is 5. The first-order valence-corrected chi connectivity index (χ1v) is 44.5. The van der Waals surface area contributed by atoms with E-state index in [4.69, 9.17) is 49.2 Å². The fourth-order valence-corrected chi connectivity index (χ4v) is 15.4. The molecule has 0 unspecified atom stereocenters. The number of alkyl halides is 2. The first-order valence-electron chi connectivity index (χ1n) is 44.1. The summed E-state index contributed by atoms with van der Waals surface area (Å²) in [6, 6.07) is 31.7. The number of carboxylic acids is 1. The molecule has 5 N–H and O–H groups in total. The molecule has 690 valence electrons. The third kappa shape index (κ3) is 35.5. The lowest BCUT2D eigenvalue weighted by Crippen LogP contribution is -2.55. The van der Waals surface area contributed by atoms with Gasteiger partial charge < -0.3 is 73.6 Å². The Labute approximate surface area is 754 Å². The van der Waals surface area contributed by atoms with Crippen LogP contribution in [-0.4, -0.2) is 180 Å². The predicted molar refractivity (Wildman–Crippen MR) is 481 cm³/mol. The van der Waals surface area contributed by atoms with Crippen LogP contribution in [0.4, 0.5) is 15.8 Å². The summed E-state index contributed by atoms with van der Waals surface area (Å²) >= 11 is 3.42. The molecule has 4 aromatic carbocycles. The number of ketones is 2. The van der Waals surface area contributed by atoms with E-state index in [9.17, 15) is 62.5 Å². The van der Waals surface area contributed by atoms with Crippen LogP contribution < -0.4 is 24.7 Å². The molecule has 4 aliphatic heterocycles. The number of aromatic hydroxyl groups is 2. The van der Waals surface area contributed by atoms with Gasteiger partial charge in [-0.05, 0) is 177 Å². The minimum atomic E-state index is -1.19. The number of methoxy groups -OCH3 is 2. The van der Waals surface area contributed by atoms with E-state index in [1.54, 1.807) is 73.1 Å². The number of ether oxygens (including phenoxy) is 8. The van der Waals surface area contributed by atoms with Crippen molar-refractivity contribution >= 4 is 104 Å². The topological polar surface area (TPSA) is 370 Å². The van der Waals surface area contributed by atoms with Gasteiger partial charge in [0.25, 0.3) is 17.8 Å². The third-order valence-electron chi connectivity index (χ3n) is 22.3. The van der Waals surface area contributed by atoms with Gasteiger partial charge in [0.2, 0.25) is 24.4 Å². The Kier molecular flexibility index (Phi) is 44.8. The number of phenolic OH excluding ortho intramolecular Hbond substituents is 2. The molecule has 127 heavy (non-hydrogen) atoms. The molecule has 4 saturated heterocycles. The number of unbranched alkanes of at least 4 members (excludes halogenated alkanes) is 4. The molecule has 0 aliphatic carbocycles. The third-order valence-corrected chi connectivity index (χ3v) is 23.0. The molecule has 6 aromatic rings. The fourth-order valence-electron chi connectivity index (χ4n) is 15.1. The van der Waals surface area contributed by atoms with Crippen molar-refractivity contribution in [2.45, 2.75) is 227 Å². The highest BCUT2D eigenvalue weighted by Gasteiger charge is 2.50. The Morgan fingerprint density at radius 3 is 1.39 bits per heavy atom. The van der Waals surface area contributed by atoms with Crippen molar-refractivity contribution in [1.29, 1.82) is 0 Å². The molecular formula is C97H127BrFN6O22+. The number of pyridine rings is 2. The van der Waals surface area contributed by atoms with Gasteiger partial charge in [-0.1, -0.05) is 120 Å². The molecule has 4 fully saturated rings. The minimum Gasteiger partial charge on any atom is -0.508 e. The monoisotopic (exact) mass is 1830 g/mol. The predicted octanol–water partition coefficient (Wildman–Crippen LogP) is 16.4. The minimum absolute atomic E-state index is 0.00204. The maximum Gasteiger partial charge on any atom is 0.339 e. The largest absolute Gasteiger partial charge is 0.508 e. The quantitative estimate of drug-likeness (QED) is 0.00616. The van der Waals surface area contributed by atoms with E-state index in [1.807, 2.05) is 129 Å². The average molecular weight is 1830 g/mol. The highest BCUT2D eigenvalue weighted by Crippen LogP contribution is 2.40. The molecule has 0 spiro atoms. The summed E-state index contributed by atoms with van der Waals surface area (Å²) in [6.45, 7) is 18.5. The highest BCUT2D eigenvalue weighted by atomic mass is 79.9. The molecule has 4 amide bonds. The summed E-state index contributed by atoms with van der Waals surface area (Å²) in [4.78, 5) is 140. The van der Waals surface area contributed by atoms with Crippen LogP contribution in [0.25, 0.3) is 12.2 Å². The summed E-state index contributed by atoms with van der Waals surface area (Å²) in [6.07, 6.45) is 24.0. The smallest absolute Gasteiger partial charge is 0.339 e. The van der Waals surface area contributed by atoms with Crippen molar-refractivity contribution in [3.05, 3.63) is 180 Å². The van der Waals surface area contributed by atoms with Crippen LogP contribution in [0.1, 0.15) is 222 Å². The van der Waals surface area contributed by atoms with Gasteiger partial charge >= 0.3 is 23.9 Å². The number of anilines is 2. The lowest BCUT2D eigenvalue weighted by Gasteiger charge is -2.42. The number of piperidine rings is 2. The molecule has 30 heteroatoms. The second kappa shape index (κ2) is 55.4. The van der Waals surface area contributed by atoms with Gasteiger partial charge in [-0.25, -0.2) is 14.2 Å². The zero-order chi connectivity index (χ0) is 93.8.